The molecule has 120 valence electrons. The van der Waals surface area contributed by atoms with Gasteiger partial charge in [-0.05, 0) is 46.6 Å². The molecule has 2 saturated heterocycles. The minimum absolute atomic E-state index is 0.138. The summed E-state index contributed by atoms with van der Waals surface area (Å²) < 4.78 is 5.38. The molecule has 0 radical (unpaired) electrons. The lowest BCUT2D eigenvalue weighted by Gasteiger charge is -2.37. The second-order valence-corrected chi connectivity index (χ2v) is 6.96. The van der Waals surface area contributed by atoms with E-state index in [9.17, 15) is 14.7 Å². The maximum Gasteiger partial charge on any atom is 0.410 e. The van der Waals surface area contributed by atoms with Gasteiger partial charge in [0, 0.05) is 19.1 Å². The molecule has 0 aromatic rings. The van der Waals surface area contributed by atoms with Gasteiger partial charge in [0.25, 0.3) is 0 Å². The maximum absolute atomic E-state index is 12.1. The van der Waals surface area contributed by atoms with Crippen LogP contribution in [0.15, 0.2) is 0 Å². The molecule has 1 amide bonds. The van der Waals surface area contributed by atoms with E-state index in [0.29, 0.717) is 19.5 Å². The number of likely N-dealkylation sites (tertiary alicyclic amines) is 2. The fraction of sp³-hybridized carbons (Fsp3) is 0.867. The Hall–Kier alpha value is -1.30. The molecule has 2 fully saturated rings. The number of aliphatic carboxylic acids is 1. The summed E-state index contributed by atoms with van der Waals surface area (Å²) in [4.78, 5) is 27.2. The van der Waals surface area contributed by atoms with Crippen molar-refractivity contribution in [1.82, 2.24) is 9.80 Å². The molecule has 0 saturated carbocycles. The van der Waals surface area contributed by atoms with E-state index in [1.54, 1.807) is 4.90 Å². The van der Waals surface area contributed by atoms with Gasteiger partial charge in [-0.3, -0.25) is 9.69 Å². The van der Waals surface area contributed by atoms with Crippen LogP contribution in [0.25, 0.3) is 0 Å². The van der Waals surface area contributed by atoms with Crippen LogP contribution in [0.4, 0.5) is 4.79 Å². The van der Waals surface area contributed by atoms with E-state index in [-0.39, 0.29) is 12.1 Å². The van der Waals surface area contributed by atoms with Crippen molar-refractivity contribution in [2.75, 3.05) is 19.6 Å². The standard InChI is InChI=1S/C15H26N2O4/c1-15(2,3)21-14(20)16-9-7-11(10-16)17-8-5-4-6-12(17)13(18)19/h11-12H,4-10H2,1-3H3,(H,18,19). The lowest BCUT2D eigenvalue weighted by atomic mass is 9.99. The Morgan fingerprint density at radius 2 is 1.86 bits per heavy atom. The van der Waals surface area contributed by atoms with Crippen molar-refractivity contribution >= 4 is 12.1 Å². The Kier molecular flexibility index (Phi) is 4.76. The summed E-state index contributed by atoms with van der Waals surface area (Å²) in [7, 11) is 0. The van der Waals surface area contributed by atoms with Gasteiger partial charge in [-0.15, -0.1) is 0 Å². The minimum atomic E-state index is -0.745. The van der Waals surface area contributed by atoms with E-state index >= 15 is 0 Å². The average Bonchev–Trinajstić information content (AvgIpc) is 2.86. The molecule has 6 nitrogen and oxygen atoms in total. The van der Waals surface area contributed by atoms with E-state index in [1.807, 2.05) is 20.8 Å². The molecule has 2 unspecified atom stereocenters. The number of carboxylic acids is 1. The van der Waals surface area contributed by atoms with Crippen LogP contribution in [0.3, 0.4) is 0 Å². The molecule has 2 heterocycles. The molecule has 2 rings (SSSR count). The zero-order valence-corrected chi connectivity index (χ0v) is 13.2. The zero-order valence-electron chi connectivity index (χ0n) is 13.2. The molecule has 0 aromatic carbocycles. The Morgan fingerprint density at radius 1 is 1.14 bits per heavy atom. The first-order valence-corrected chi connectivity index (χ1v) is 7.74. The molecule has 0 aromatic heterocycles. The highest BCUT2D eigenvalue weighted by molar-refractivity contribution is 5.73. The van der Waals surface area contributed by atoms with Crippen LogP contribution in [-0.2, 0) is 9.53 Å². The summed E-state index contributed by atoms with van der Waals surface area (Å²) in [6, 6.07) is -0.263. The molecule has 0 aliphatic carbocycles. The first kappa shape index (κ1) is 16.1. The fourth-order valence-electron chi connectivity index (χ4n) is 3.16. The van der Waals surface area contributed by atoms with Gasteiger partial charge in [0.05, 0.1) is 0 Å². The van der Waals surface area contributed by atoms with Gasteiger partial charge < -0.3 is 14.7 Å². The Labute approximate surface area is 126 Å². The first-order chi connectivity index (χ1) is 9.78. The molecule has 6 heteroatoms. The summed E-state index contributed by atoms with van der Waals surface area (Å²) >= 11 is 0. The number of carbonyl (C=O) groups excluding carboxylic acids is 1. The number of rotatable bonds is 2. The van der Waals surface area contributed by atoms with Crippen molar-refractivity contribution in [2.24, 2.45) is 0 Å². The van der Waals surface area contributed by atoms with Crippen LogP contribution in [0.5, 0.6) is 0 Å². The average molecular weight is 298 g/mol. The van der Waals surface area contributed by atoms with Crippen molar-refractivity contribution in [3.63, 3.8) is 0 Å². The van der Waals surface area contributed by atoms with Crippen LogP contribution < -0.4 is 0 Å². The lowest BCUT2D eigenvalue weighted by molar-refractivity contribution is -0.145. The summed E-state index contributed by atoms with van der Waals surface area (Å²) in [5.74, 6) is -0.745. The highest BCUT2D eigenvalue weighted by atomic mass is 16.6. The van der Waals surface area contributed by atoms with E-state index in [4.69, 9.17) is 4.74 Å². The normalized spacial score (nSPS) is 27.7. The Balaban J connectivity index is 1.95. The quantitative estimate of drug-likeness (QED) is 0.843. The van der Waals surface area contributed by atoms with Crippen LogP contribution in [0.1, 0.15) is 46.5 Å². The number of hydrogen-bond acceptors (Lipinski definition) is 4. The molecule has 2 aliphatic heterocycles. The fourth-order valence-corrected chi connectivity index (χ4v) is 3.16. The van der Waals surface area contributed by atoms with Gasteiger partial charge in [-0.1, -0.05) is 6.42 Å². The highest BCUT2D eigenvalue weighted by Gasteiger charge is 2.38. The van der Waals surface area contributed by atoms with Gasteiger partial charge in [0.15, 0.2) is 0 Å². The number of amides is 1. The van der Waals surface area contributed by atoms with Gasteiger partial charge in [-0.25, -0.2) is 4.79 Å². The molecule has 21 heavy (non-hydrogen) atoms. The maximum atomic E-state index is 12.1. The van der Waals surface area contributed by atoms with Crippen molar-refractivity contribution in [3.8, 4) is 0 Å². The Bertz CT molecular complexity index is 405. The van der Waals surface area contributed by atoms with E-state index in [1.165, 1.54) is 0 Å². The van der Waals surface area contributed by atoms with Crippen LogP contribution in [0.2, 0.25) is 0 Å². The second-order valence-electron chi connectivity index (χ2n) is 6.96. The summed E-state index contributed by atoms with van der Waals surface area (Å²) in [5, 5.41) is 9.35. The number of ether oxygens (including phenoxy) is 1. The number of nitrogens with zero attached hydrogens (tertiary/aromatic N) is 2. The molecule has 0 spiro atoms. The number of hydrogen-bond donors (Lipinski definition) is 1. The summed E-state index contributed by atoms with van der Waals surface area (Å²) in [6.45, 7) is 7.57. The number of carboxylic acid groups (broad SMARTS) is 1. The molecular weight excluding hydrogens is 272 g/mol. The van der Waals surface area contributed by atoms with Gasteiger partial charge in [0.2, 0.25) is 0 Å². The predicted molar refractivity (Wildman–Crippen MR) is 78.2 cm³/mol. The van der Waals surface area contributed by atoms with E-state index in [0.717, 1.165) is 25.8 Å². The van der Waals surface area contributed by atoms with Crippen molar-refractivity contribution < 1.29 is 19.4 Å². The zero-order chi connectivity index (χ0) is 15.6. The molecule has 0 bridgehead atoms. The monoisotopic (exact) mass is 298 g/mol. The third-order valence-electron chi connectivity index (χ3n) is 4.11. The second kappa shape index (κ2) is 6.22. The van der Waals surface area contributed by atoms with Gasteiger partial charge >= 0.3 is 12.1 Å². The minimum Gasteiger partial charge on any atom is -0.480 e. The predicted octanol–water partition coefficient (Wildman–Crippen LogP) is 1.93. The molecule has 1 N–H and O–H groups in total. The molecular formula is C15H26N2O4. The van der Waals surface area contributed by atoms with Crippen LogP contribution in [0, 0.1) is 0 Å². The summed E-state index contributed by atoms with van der Waals surface area (Å²) in [5.41, 5.74) is -0.496. The smallest absolute Gasteiger partial charge is 0.410 e. The molecule has 2 aliphatic rings. The third-order valence-corrected chi connectivity index (χ3v) is 4.11. The number of piperidine rings is 1. The van der Waals surface area contributed by atoms with Gasteiger partial charge in [-0.2, -0.15) is 0 Å². The topological polar surface area (TPSA) is 70.1 Å². The van der Waals surface area contributed by atoms with Crippen LogP contribution in [-0.4, -0.2) is 64.3 Å². The van der Waals surface area contributed by atoms with Crippen molar-refractivity contribution in [3.05, 3.63) is 0 Å². The van der Waals surface area contributed by atoms with Crippen LogP contribution >= 0.6 is 0 Å². The first-order valence-electron chi connectivity index (χ1n) is 7.74. The van der Waals surface area contributed by atoms with Crippen molar-refractivity contribution in [1.29, 1.82) is 0 Å². The van der Waals surface area contributed by atoms with Gasteiger partial charge in [0.1, 0.15) is 11.6 Å². The molecule has 2 atom stereocenters. The summed E-state index contributed by atoms with van der Waals surface area (Å²) in [6.07, 6.45) is 3.23. The Morgan fingerprint density at radius 3 is 2.48 bits per heavy atom. The SMILES string of the molecule is CC(C)(C)OC(=O)N1CCC(N2CCCCC2C(=O)O)C1. The number of carbonyl (C=O) groups is 2. The van der Waals surface area contributed by atoms with E-state index < -0.39 is 17.6 Å². The third kappa shape index (κ3) is 4.09. The largest absolute Gasteiger partial charge is 0.480 e. The van der Waals surface area contributed by atoms with E-state index in [2.05, 4.69) is 4.90 Å². The highest BCUT2D eigenvalue weighted by Crippen LogP contribution is 2.26. The lowest BCUT2D eigenvalue weighted by Crippen LogP contribution is -2.51. The van der Waals surface area contributed by atoms with Crippen molar-refractivity contribution in [2.45, 2.75) is 64.1 Å².